The highest BCUT2D eigenvalue weighted by Gasteiger charge is 2.34. The van der Waals surface area contributed by atoms with Crippen molar-refractivity contribution in [3.8, 4) is 0 Å². The minimum Gasteiger partial charge on any atom is -0.481 e. The highest BCUT2D eigenvalue weighted by Crippen LogP contribution is 2.24. The van der Waals surface area contributed by atoms with Gasteiger partial charge in [0.2, 0.25) is 0 Å². The SMILES string of the molecule is CN(C(=O)N1CCC[C@@H](C(=O)O)C1)C1CCCCC1O. The molecule has 2 rings (SSSR count). The number of aliphatic carboxylic acids is 1. The number of carboxylic acids is 1. The van der Waals surface area contributed by atoms with Crippen LogP contribution in [0, 0.1) is 5.92 Å². The largest absolute Gasteiger partial charge is 0.481 e. The Hall–Kier alpha value is -1.30. The third kappa shape index (κ3) is 3.23. The van der Waals surface area contributed by atoms with Crippen LogP contribution < -0.4 is 0 Å². The topological polar surface area (TPSA) is 81.1 Å². The maximum atomic E-state index is 12.5. The summed E-state index contributed by atoms with van der Waals surface area (Å²) in [5, 5.41) is 19.1. The van der Waals surface area contributed by atoms with E-state index in [9.17, 15) is 14.7 Å². The molecule has 0 spiro atoms. The minimum atomic E-state index is -0.831. The first kappa shape index (κ1) is 15.1. The van der Waals surface area contributed by atoms with Gasteiger partial charge in [0, 0.05) is 20.1 Å². The summed E-state index contributed by atoms with van der Waals surface area (Å²) in [6.07, 6.45) is 4.48. The van der Waals surface area contributed by atoms with Gasteiger partial charge in [0.25, 0.3) is 0 Å². The number of aliphatic hydroxyl groups is 1. The van der Waals surface area contributed by atoms with Crippen LogP contribution in [-0.4, -0.2) is 64.3 Å². The molecule has 0 aromatic carbocycles. The lowest BCUT2D eigenvalue weighted by atomic mass is 9.91. The Morgan fingerprint density at radius 2 is 1.85 bits per heavy atom. The van der Waals surface area contributed by atoms with Gasteiger partial charge in [-0.2, -0.15) is 0 Å². The quantitative estimate of drug-likeness (QED) is 0.796. The molecule has 2 unspecified atom stereocenters. The summed E-state index contributed by atoms with van der Waals surface area (Å²) in [5.74, 6) is -1.29. The summed E-state index contributed by atoms with van der Waals surface area (Å²) >= 11 is 0. The number of amides is 2. The third-order valence-electron chi connectivity index (χ3n) is 4.53. The Morgan fingerprint density at radius 3 is 2.50 bits per heavy atom. The Morgan fingerprint density at radius 1 is 1.15 bits per heavy atom. The molecule has 1 aliphatic carbocycles. The average molecular weight is 284 g/mol. The fourth-order valence-corrected chi connectivity index (χ4v) is 3.26. The van der Waals surface area contributed by atoms with Crippen LogP contribution in [0.5, 0.6) is 0 Å². The molecule has 3 atom stereocenters. The van der Waals surface area contributed by atoms with Gasteiger partial charge in [-0.05, 0) is 25.7 Å². The number of hydrogen-bond acceptors (Lipinski definition) is 3. The van der Waals surface area contributed by atoms with Crippen molar-refractivity contribution in [3.63, 3.8) is 0 Å². The van der Waals surface area contributed by atoms with Crippen LogP contribution in [-0.2, 0) is 4.79 Å². The summed E-state index contributed by atoms with van der Waals surface area (Å²) in [5.41, 5.74) is 0. The van der Waals surface area contributed by atoms with Gasteiger partial charge in [-0.25, -0.2) is 4.79 Å². The summed E-state index contributed by atoms with van der Waals surface area (Å²) in [4.78, 5) is 26.7. The number of carboxylic acid groups (broad SMARTS) is 1. The van der Waals surface area contributed by atoms with Crippen molar-refractivity contribution in [1.82, 2.24) is 9.80 Å². The fraction of sp³-hybridized carbons (Fsp3) is 0.857. The van der Waals surface area contributed by atoms with Crippen LogP contribution in [0.4, 0.5) is 4.79 Å². The van der Waals surface area contributed by atoms with Crippen LogP contribution in [0.3, 0.4) is 0 Å². The number of urea groups is 1. The highest BCUT2D eigenvalue weighted by molar-refractivity contribution is 5.76. The molecule has 0 aromatic heterocycles. The second-order valence-electron chi connectivity index (χ2n) is 5.94. The van der Waals surface area contributed by atoms with Crippen molar-refractivity contribution in [2.75, 3.05) is 20.1 Å². The first-order valence-corrected chi connectivity index (χ1v) is 7.43. The molecular formula is C14H24N2O4. The van der Waals surface area contributed by atoms with Crippen molar-refractivity contribution in [1.29, 1.82) is 0 Å². The highest BCUT2D eigenvalue weighted by atomic mass is 16.4. The van der Waals surface area contributed by atoms with Crippen LogP contribution in [0.25, 0.3) is 0 Å². The van der Waals surface area contributed by atoms with E-state index < -0.39 is 18.0 Å². The zero-order chi connectivity index (χ0) is 14.7. The number of hydrogen-bond donors (Lipinski definition) is 2. The molecule has 114 valence electrons. The van der Waals surface area contributed by atoms with E-state index in [0.29, 0.717) is 13.0 Å². The molecule has 2 aliphatic rings. The van der Waals surface area contributed by atoms with Gasteiger partial charge in [0.15, 0.2) is 0 Å². The standard InChI is InChI=1S/C14H24N2O4/c1-15(11-6-2-3-7-12(11)17)14(20)16-8-4-5-10(9-16)13(18)19/h10-12,17H,2-9H2,1H3,(H,18,19)/t10-,11?,12?/m1/s1. The minimum absolute atomic E-state index is 0.138. The van der Waals surface area contributed by atoms with E-state index in [-0.39, 0.29) is 18.6 Å². The first-order chi connectivity index (χ1) is 9.50. The second kappa shape index (κ2) is 6.43. The Balaban J connectivity index is 1.97. The van der Waals surface area contributed by atoms with Gasteiger partial charge >= 0.3 is 12.0 Å². The predicted octanol–water partition coefficient (Wildman–Crippen LogP) is 1.14. The van der Waals surface area contributed by atoms with E-state index in [1.54, 1.807) is 16.8 Å². The third-order valence-corrected chi connectivity index (χ3v) is 4.53. The van der Waals surface area contributed by atoms with Gasteiger partial charge in [0.05, 0.1) is 18.1 Å². The van der Waals surface area contributed by atoms with Crippen molar-refractivity contribution in [2.45, 2.75) is 50.7 Å². The maximum absolute atomic E-state index is 12.5. The molecule has 6 heteroatoms. The van der Waals surface area contributed by atoms with E-state index in [1.807, 2.05) is 0 Å². The maximum Gasteiger partial charge on any atom is 0.320 e. The van der Waals surface area contributed by atoms with Crippen molar-refractivity contribution in [2.24, 2.45) is 5.92 Å². The van der Waals surface area contributed by atoms with E-state index in [4.69, 9.17) is 5.11 Å². The smallest absolute Gasteiger partial charge is 0.320 e. The zero-order valence-corrected chi connectivity index (χ0v) is 12.0. The van der Waals surface area contributed by atoms with E-state index in [0.717, 1.165) is 32.1 Å². The summed E-state index contributed by atoms with van der Waals surface area (Å²) < 4.78 is 0. The average Bonchev–Trinajstić information content (AvgIpc) is 2.46. The molecule has 0 aromatic rings. The number of likely N-dealkylation sites (tertiary alicyclic amines) is 1. The number of likely N-dealkylation sites (N-methyl/N-ethyl adjacent to an activating group) is 1. The van der Waals surface area contributed by atoms with Gasteiger partial charge in [0.1, 0.15) is 0 Å². The van der Waals surface area contributed by atoms with Gasteiger partial charge < -0.3 is 20.0 Å². The van der Waals surface area contributed by atoms with Gasteiger partial charge in [-0.3, -0.25) is 4.79 Å². The van der Waals surface area contributed by atoms with Crippen molar-refractivity contribution >= 4 is 12.0 Å². The molecular weight excluding hydrogens is 260 g/mol. The summed E-state index contributed by atoms with van der Waals surface area (Å²) in [6.45, 7) is 0.886. The molecule has 1 saturated heterocycles. The number of carbonyl (C=O) groups excluding carboxylic acids is 1. The van der Waals surface area contributed by atoms with E-state index in [1.165, 1.54) is 0 Å². The summed E-state index contributed by atoms with van der Waals surface area (Å²) in [7, 11) is 1.71. The van der Waals surface area contributed by atoms with Crippen LogP contribution in [0.15, 0.2) is 0 Å². The monoisotopic (exact) mass is 284 g/mol. The Kier molecular flexibility index (Phi) is 4.86. The normalized spacial score (nSPS) is 30.9. The van der Waals surface area contributed by atoms with Crippen molar-refractivity contribution < 1.29 is 19.8 Å². The molecule has 20 heavy (non-hydrogen) atoms. The molecule has 2 N–H and O–H groups in total. The number of piperidine rings is 1. The lowest BCUT2D eigenvalue weighted by Crippen LogP contribution is -2.53. The van der Waals surface area contributed by atoms with Gasteiger partial charge in [-0.1, -0.05) is 12.8 Å². The Bertz CT molecular complexity index is 374. The fourth-order valence-electron chi connectivity index (χ4n) is 3.26. The molecule has 1 aliphatic heterocycles. The predicted molar refractivity (Wildman–Crippen MR) is 73.4 cm³/mol. The van der Waals surface area contributed by atoms with Crippen molar-refractivity contribution in [3.05, 3.63) is 0 Å². The number of carbonyl (C=O) groups is 2. The van der Waals surface area contributed by atoms with E-state index in [2.05, 4.69) is 0 Å². The van der Waals surface area contributed by atoms with E-state index >= 15 is 0 Å². The molecule has 2 fully saturated rings. The second-order valence-corrected chi connectivity index (χ2v) is 5.94. The lowest BCUT2D eigenvalue weighted by Gasteiger charge is -2.40. The molecule has 0 radical (unpaired) electrons. The number of aliphatic hydroxyl groups excluding tert-OH is 1. The molecule has 0 bridgehead atoms. The summed E-state index contributed by atoms with van der Waals surface area (Å²) in [6, 6.07) is -0.289. The molecule has 1 heterocycles. The molecule has 2 amide bonds. The molecule has 6 nitrogen and oxygen atoms in total. The first-order valence-electron chi connectivity index (χ1n) is 7.43. The lowest BCUT2D eigenvalue weighted by molar-refractivity contribution is -0.143. The van der Waals surface area contributed by atoms with Crippen LogP contribution in [0.1, 0.15) is 38.5 Å². The van der Waals surface area contributed by atoms with Gasteiger partial charge in [-0.15, -0.1) is 0 Å². The van der Waals surface area contributed by atoms with Crippen LogP contribution >= 0.6 is 0 Å². The Labute approximate surface area is 119 Å². The molecule has 1 saturated carbocycles. The zero-order valence-electron chi connectivity index (χ0n) is 12.0. The van der Waals surface area contributed by atoms with Crippen LogP contribution in [0.2, 0.25) is 0 Å². The number of rotatable bonds is 2. The number of nitrogens with zero attached hydrogens (tertiary/aromatic N) is 2.